The second kappa shape index (κ2) is 11.7. The molecule has 4 rings (SSSR count). The Hall–Kier alpha value is -3.40. The lowest BCUT2D eigenvalue weighted by Crippen LogP contribution is -2.42. The van der Waals surface area contributed by atoms with Gasteiger partial charge in [-0.2, -0.15) is 26.3 Å². The summed E-state index contributed by atoms with van der Waals surface area (Å²) >= 11 is 0. The minimum Gasteiger partial charge on any atom is -0.490 e. The summed E-state index contributed by atoms with van der Waals surface area (Å²) in [5.74, 6) is -6.00. The Morgan fingerprint density at radius 3 is 2.19 bits per heavy atom. The van der Waals surface area contributed by atoms with Gasteiger partial charge in [-0.05, 0) is 73.1 Å². The van der Waals surface area contributed by atoms with Gasteiger partial charge in [0, 0.05) is 19.6 Å². The van der Waals surface area contributed by atoms with Gasteiger partial charge in [0.05, 0.1) is 17.4 Å². The molecular weight excluding hydrogens is 601 g/mol. The summed E-state index contributed by atoms with van der Waals surface area (Å²) < 4.78 is 121. The van der Waals surface area contributed by atoms with Crippen LogP contribution in [0.3, 0.4) is 0 Å². The maximum Gasteiger partial charge on any atom is 0.493 e. The quantitative estimate of drug-likeness (QED) is 0.309. The average molecular weight is 627 g/mol. The summed E-state index contributed by atoms with van der Waals surface area (Å²) in [4.78, 5) is 29.8. The van der Waals surface area contributed by atoms with E-state index in [1.165, 1.54) is 12.1 Å². The highest BCUT2D eigenvalue weighted by atomic mass is 32.2. The largest absolute Gasteiger partial charge is 0.493 e. The molecule has 0 N–H and O–H groups in total. The second-order valence-electron chi connectivity index (χ2n) is 10.1. The van der Waals surface area contributed by atoms with Crippen LogP contribution >= 0.6 is 0 Å². The highest BCUT2D eigenvalue weighted by Crippen LogP contribution is 2.43. The third kappa shape index (κ3) is 7.70. The van der Waals surface area contributed by atoms with Crippen LogP contribution in [0.2, 0.25) is 0 Å². The number of carbonyl (C=O) groups excluding carboxylic acids is 2. The molecule has 1 saturated heterocycles. The van der Waals surface area contributed by atoms with E-state index in [1.54, 1.807) is 0 Å². The molecule has 0 aromatic heterocycles. The molecule has 42 heavy (non-hydrogen) atoms. The number of hydroxylamine groups is 1. The van der Waals surface area contributed by atoms with E-state index in [9.17, 15) is 44.3 Å². The number of hydrogen-bond acceptors (Lipinski definition) is 7. The number of ether oxygens (including phenoxy) is 1. The van der Waals surface area contributed by atoms with Crippen molar-refractivity contribution in [1.82, 2.24) is 9.37 Å². The van der Waals surface area contributed by atoms with Crippen molar-refractivity contribution in [2.75, 3.05) is 19.3 Å². The molecule has 1 aliphatic heterocycles. The predicted molar refractivity (Wildman–Crippen MR) is 132 cm³/mol. The van der Waals surface area contributed by atoms with Crippen LogP contribution in [0.15, 0.2) is 36.4 Å². The van der Waals surface area contributed by atoms with Gasteiger partial charge in [-0.25, -0.2) is 17.6 Å². The average Bonchev–Trinajstić information content (AvgIpc) is 3.72. The van der Waals surface area contributed by atoms with Crippen molar-refractivity contribution in [2.24, 2.45) is 0 Å². The minimum absolute atomic E-state index is 0.0886. The predicted octanol–water partition coefficient (Wildman–Crippen LogP) is 5.19. The number of carbonyl (C=O) groups is 2. The SMILES string of the molecule is CS(=O)(=O)N(OC(=O)C(F)(F)F)C(=O)c1cc(C2CC2)c(CN2CCC(Oc3cccc(C(F)(F)F)c3)CC2)cc1F. The van der Waals surface area contributed by atoms with Crippen LogP contribution in [-0.2, 0) is 32.4 Å². The van der Waals surface area contributed by atoms with E-state index in [0.29, 0.717) is 56.2 Å². The third-order valence-corrected chi connectivity index (χ3v) is 7.58. The zero-order valence-corrected chi connectivity index (χ0v) is 22.8. The van der Waals surface area contributed by atoms with Gasteiger partial charge in [0.15, 0.2) is 0 Å². The van der Waals surface area contributed by atoms with E-state index in [1.807, 2.05) is 4.90 Å². The van der Waals surface area contributed by atoms with Gasteiger partial charge in [-0.15, -0.1) is 0 Å². The van der Waals surface area contributed by atoms with E-state index >= 15 is 4.39 Å². The number of hydrogen-bond donors (Lipinski definition) is 0. The Morgan fingerprint density at radius 1 is 1.00 bits per heavy atom. The molecule has 1 aliphatic carbocycles. The number of likely N-dealkylation sites (tertiary alicyclic amines) is 1. The van der Waals surface area contributed by atoms with Gasteiger partial charge in [0.2, 0.25) is 0 Å². The van der Waals surface area contributed by atoms with Crippen LogP contribution in [-0.4, -0.2) is 61.3 Å². The smallest absolute Gasteiger partial charge is 0.490 e. The van der Waals surface area contributed by atoms with Crippen molar-refractivity contribution in [3.05, 3.63) is 64.5 Å². The Bertz CT molecular complexity index is 1450. The molecule has 230 valence electrons. The maximum atomic E-state index is 15.1. The Balaban J connectivity index is 1.47. The number of benzene rings is 2. The van der Waals surface area contributed by atoms with Gasteiger partial charge in [-0.3, -0.25) is 9.69 Å². The van der Waals surface area contributed by atoms with Crippen LogP contribution in [0.25, 0.3) is 0 Å². The number of alkyl halides is 6. The van der Waals surface area contributed by atoms with Crippen LogP contribution < -0.4 is 4.74 Å². The molecule has 2 aliphatic rings. The summed E-state index contributed by atoms with van der Waals surface area (Å²) in [6, 6.07) is 6.62. The first-order valence-electron chi connectivity index (χ1n) is 12.7. The van der Waals surface area contributed by atoms with E-state index < -0.39 is 55.7 Å². The fourth-order valence-electron chi connectivity index (χ4n) is 4.56. The lowest BCUT2D eigenvalue weighted by atomic mass is 9.97. The molecule has 2 aromatic carbocycles. The molecule has 1 amide bonds. The fourth-order valence-corrected chi connectivity index (χ4v) is 5.16. The lowest BCUT2D eigenvalue weighted by Gasteiger charge is -2.33. The van der Waals surface area contributed by atoms with E-state index in [-0.39, 0.29) is 24.3 Å². The molecule has 0 radical (unpaired) electrons. The van der Waals surface area contributed by atoms with Crippen molar-refractivity contribution >= 4 is 21.9 Å². The standard InChI is InChI=1S/C26H25F7N2O6S/c1-42(38,39)35(41-24(37)26(31,32)33)23(36)21-13-20(15-5-6-15)16(11-22(21)27)14-34-9-7-18(8-10-34)40-19-4-2-3-17(12-19)25(28,29)30/h2-4,11-13,15,18H,5-10,14H2,1H3. The molecule has 0 spiro atoms. The normalized spacial score (nSPS) is 17.1. The van der Waals surface area contributed by atoms with Crippen molar-refractivity contribution in [3.8, 4) is 5.75 Å². The van der Waals surface area contributed by atoms with E-state index in [4.69, 9.17) is 4.74 Å². The Kier molecular flexibility index (Phi) is 8.79. The van der Waals surface area contributed by atoms with Gasteiger partial charge in [0.1, 0.15) is 17.7 Å². The van der Waals surface area contributed by atoms with E-state index in [2.05, 4.69) is 4.84 Å². The molecule has 2 aromatic rings. The number of halogens is 7. The van der Waals surface area contributed by atoms with Crippen LogP contribution in [0.5, 0.6) is 5.75 Å². The number of nitrogens with zero attached hydrogens (tertiary/aromatic N) is 2. The first-order chi connectivity index (χ1) is 19.4. The summed E-state index contributed by atoms with van der Waals surface area (Å²) in [5, 5.41) is 0. The Morgan fingerprint density at radius 2 is 1.64 bits per heavy atom. The topological polar surface area (TPSA) is 93.2 Å². The van der Waals surface area contributed by atoms with Gasteiger partial charge >= 0.3 is 24.2 Å². The summed E-state index contributed by atoms with van der Waals surface area (Å²) in [6.45, 7) is 1.11. The zero-order valence-electron chi connectivity index (χ0n) is 22.0. The van der Waals surface area contributed by atoms with Crippen molar-refractivity contribution in [1.29, 1.82) is 0 Å². The zero-order chi connectivity index (χ0) is 31.0. The molecule has 16 heteroatoms. The highest BCUT2D eigenvalue weighted by molar-refractivity contribution is 7.88. The molecule has 0 unspecified atom stereocenters. The molecule has 0 atom stereocenters. The van der Waals surface area contributed by atoms with Crippen LogP contribution in [0.1, 0.15) is 58.6 Å². The van der Waals surface area contributed by atoms with Crippen molar-refractivity contribution < 1.29 is 58.3 Å². The van der Waals surface area contributed by atoms with E-state index in [0.717, 1.165) is 24.3 Å². The molecular formula is C26H25F7N2O6S. The summed E-state index contributed by atoms with van der Waals surface area (Å²) in [6.07, 6.45) is -7.88. The highest BCUT2D eigenvalue weighted by Gasteiger charge is 2.46. The molecule has 8 nitrogen and oxygen atoms in total. The van der Waals surface area contributed by atoms with Gasteiger partial charge in [-0.1, -0.05) is 10.5 Å². The summed E-state index contributed by atoms with van der Waals surface area (Å²) in [7, 11) is -4.87. The van der Waals surface area contributed by atoms with Crippen molar-refractivity contribution in [3.63, 3.8) is 0 Å². The van der Waals surface area contributed by atoms with Crippen molar-refractivity contribution in [2.45, 2.75) is 56.6 Å². The molecule has 1 saturated carbocycles. The van der Waals surface area contributed by atoms with Gasteiger partial charge in [0.25, 0.3) is 10.0 Å². The number of sulfonamides is 1. The maximum absolute atomic E-state index is 15.1. The number of amides is 1. The summed E-state index contributed by atoms with van der Waals surface area (Å²) in [5.41, 5.74) is -0.735. The molecule has 1 heterocycles. The Labute approximate surface area is 236 Å². The van der Waals surface area contributed by atoms with Crippen LogP contribution in [0, 0.1) is 5.82 Å². The molecule has 0 bridgehead atoms. The second-order valence-corrected chi connectivity index (χ2v) is 11.9. The number of piperidine rings is 1. The monoisotopic (exact) mass is 626 g/mol. The number of rotatable bonds is 7. The minimum atomic E-state index is -5.61. The fraction of sp³-hybridized carbons (Fsp3) is 0.462. The lowest BCUT2D eigenvalue weighted by molar-refractivity contribution is -0.216. The van der Waals surface area contributed by atoms with Gasteiger partial charge < -0.3 is 9.57 Å². The molecule has 2 fully saturated rings. The first kappa shape index (κ1) is 31.5. The third-order valence-electron chi connectivity index (χ3n) is 6.73. The van der Waals surface area contributed by atoms with Crippen LogP contribution in [0.4, 0.5) is 30.7 Å². The first-order valence-corrected chi connectivity index (χ1v) is 14.5.